The molecule has 1 aliphatic rings. The van der Waals surface area contributed by atoms with E-state index in [1.807, 2.05) is 12.1 Å². The van der Waals surface area contributed by atoms with Gasteiger partial charge in [-0.3, -0.25) is 0 Å². The molecule has 0 aromatic heterocycles. The molecule has 0 unspecified atom stereocenters. The van der Waals surface area contributed by atoms with Crippen molar-refractivity contribution in [1.82, 2.24) is 0 Å². The molecule has 0 heterocycles. The van der Waals surface area contributed by atoms with Crippen molar-refractivity contribution in [3.63, 3.8) is 0 Å². The van der Waals surface area contributed by atoms with E-state index in [1.54, 1.807) is 6.07 Å². The van der Waals surface area contributed by atoms with Gasteiger partial charge in [0, 0.05) is 6.04 Å². The van der Waals surface area contributed by atoms with Gasteiger partial charge in [-0.15, -0.1) is 0 Å². The monoisotopic (exact) mass is 149 g/mol. The molecule has 1 atom stereocenters. The maximum absolute atomic E-state index is 9.39. The quantitative estimate of drug-likeness (QED) is 0.584. The molecule has 0 fully saturated rings. The Morgan fingerprint density at radius 2 is 2.27 bits per heavy atom. The Labute approximate surface area is 65.7 Å². The van der Waals surface area contributed by atoms with Crippen LogP contribution in [0.3, 0.4) is 0 Å². The van der Waals surface area contributed by atoms with E-state index in [9.17, 15) is 5.11 Å². The minimum Gasteiger partial charge on any atom is -0.508 e. The molecule has 0 amide bonds. The number of nitrogens with two attached hydrogens (primary N) is 1. The summed E-state index contributed by atoms with van der Waals surface area (Å²) in [4.78, 5) is 0. The van der Waals surface area contributed by atoms with Crippen molar-refractivity contribution in [2.24, 2.45) is 5.73 Å². The SMILES string of the molecule is N[C@H]1CCc2c(O)cccc21. The first kappa shape index (κ1) is 6.68. The van der Waals surface area contributed by atoms with Crippen molar-refractivity contribution in [3.05, 3.63) is 29.3 Å². The summed E-state index contributed by atoms with van der Waals surface area (Å²) in [6.07, 6.45) is 1.88. The first-order valence-electron chi connectivity index (χ1n) is 3.85. The number of phenols is 1. The predicted octanol–water partition coefficient (Wildman–Crippen LogP) is 1.34. The van der Waals surface area contributed by atoms with E-state index in [2.05, 4.69) is 0 Å². The van der Waals surface area contributed by atoms with E-state index in [4.69, 9.17) is 5.73 Å². The Kier molecular flexibility index (Phi) is 1.36. The van der Waals surface area contributed by atoms with Crippen LogP contribution in [0.4, 0.5) is 0 Å². The van der Waals surface area contributed by atoms with E-state index >= 15 is 0 Å². The van der Waals surface area contributed by atoms with Gasteiger partial charge in [0.15, 0.2) is 0 Å². The summed E-state index contributed by atoms with van der Waals surface area (Å²) in [7, 11) is 0. The summed E-state index contributed by atoms with van der Waals surface area (Å²) >= 11 is 0. The van der Waals surface area contributed by atoms with E-state index in [0.29, 0.717) is 5.75 Å². The molecule has 2 heteroatoms. The van der Waals surface area contributed by atoms with Gasteiger partial charge < -0.3 is 10.8 Å². The molecule has 0 saturated carbocycles. The standard InChI is InChI=1S/C9H11NO/c10-8-5-4-7-6(8)2-1-3-9(7)11/h1-3,8,11H,4-5,10H2/t8-/m0/s1. The lowest BCUT2D eigenvalue weighted by atomic mass is 10.1. The zero-order valence-corrected chi connectivity index (χ0v) is 6.25. The van der Waals surface area contributed by atoms with Crippen molar-refractivity contribution >= 4 is 0 Å². The van der Waals surface area contributed by atoms with Crippen LogP contribution < -0.4 is 5.73 Å². The molecule has 1 aliphatic carbocycles. The zero-order valence-electron chi connectivity index (χ0n) is 6.25. The van der Waals surface area contributed by atoms with Gasteiger partial charge in [-0.1, -0.05) is 12.1 Å². The Balaban J connectivity index is 2.57. The van der Waals surface area contributed by atoms with Crippen LogP contribution >= 0.6 is 0 Å². The molecule has 1 aromatic rings. The Morgan fingerprint density at radius 1 is 1.45 bits per heavy atom. The summed E-state index contributed by atoms with van der Waals surface area (Å²) in [5.74, 6) is 0.399. The van der Waals surface area contributed by atoms with Crippen LogP contribution in [0, 0.1) is 0 Å². The number of hydrogen-bond donors (Lipinski definition) is 2. The first-order chi connectivity index (χ1) is 5.29. The van der Waals surface area contributed by atoms with Gasteiger partial charge in [-0.05, 0) is 30.0 Å². The molecule has 3 N–H and O–H groups in total. The zero-order chi connectivity index (χ0) is 7.84. The number of fused-ring (bicyclic) bond motifs is 1. The third kappa shape index (κ3) is 0.906. The van der Waals surface area contributed by atoms with Gasteiger partial charge >= 0.3 is 0 Å². The molecule has 0 radical (unpaired) electrons. The number of benzene rings is 1. The van der Waals surface area contributed by atoms with E-state index in [-0.39, 0.29) is 6.04 Å². The fraction of sp³-hybridized carbons (Fsp3) is 0.333. The summed E-state index contributed by atoms with van der Waals surface area (Å²) in [5, 5.41) is 9.39. The summed E-state index contributed by atoms with van der Waals surface area (Å²) in [6, 6.07) is 5.69. The highest BCUT2D eigenvalue weighted by molar-refractivity contribution is 5.43. The highest BCUT2D eigenvalue weighted by atomic mass is 16.3. The minimum atomic E-state index is 0.136. The number of rotatable bonds is 0. The van der Waals surface area contributed by atoms with Crippen LogP contribution in [-0.4, -0.2) is 5.11 Å². The number of aromatic hydroxyl groups is 1. The van der Waals surface area contributed by atoms with E-state index in [0.717, 1.165) is 24.0 Å². The first-order valence-corrected chi connectivity index (χ1v) is 3.85. The molecule has 0 saturated heterocycles. The van der Waals surface area contributed by atoms with Gasteiger partial charge in [-0.25, -0.2) is 0 Å². The maximum Gasteiger partial charge on any atom is 0.119 e. The van der Waals surface area contributed by atoms with Crippen LogP contribution in [0.25, 0.3) is 0 Å². The fourth-order valence-electron chi connectivity index (χ4n) is 1.67. The molecular weight excluding hydrogens is 138 g/mol. The molecular formula is C9H11NO. The van der Waals surface area contributed by atoms with Crippen LogP contribution in [-0.2, 0) is 6.42 Å². The van der Waals surface area contributed by atoms with E-state index in [1.165, 1.54) is 0 Å². The Morgan fingerprint density at radius 3 is 3.00 bits per heavy atom. The second-order valence-electron chi connectivity index (χ2n) is 2.99. The minimum absolute atomic E-state index is 0.136. The van der Waals surface area contributed by atoms with Crippen LogP contribution in [0.5, 0.6) is 5.75 Å². The Bertz CT molecular complexity index is 283. The third-order valence-electron chi connectivity index (χ3n) is 2.29. The van der Waals surface area contributed by atoms with Crippen LogP contribution in [0.15, 0.2) is 18.2 Å². The summed E-state index contributed by atoms with van der Waals surface area (Å²) in [6.45, 7) is 0. The summed E-state index contributed by atoms with van der Waals surface area (Å²) in [5.41, 5.74) is 7.96. The molecule has 11 heavy (non-hydrogen) atoms. The van der Waals surface area contributed by atoms with Crippen molar-refractivity contribution in [1.29, 1.82) is 0 Å². The van der Waals surface area contributed by atoms with Crippen molar-refractivity contribution in [2.45, 2.75) is 18.9 Å². The maximum atomic E-state index is 9.39. The van der Waals surface area contributed by atoms with Crippen LogP contribution in [0.1, 0.15) is 23.6 Å². The molecule has 58 valence electrons. The average Bonchev–Trinajstić information content (AvgIpc) is 2.35. The van der Waals surface area contributed by atoms with Gasteiger partial charge in [0.2, 0.25) is 0 Å². The highest BCUT2D eigenvalue weighted by Crippen LogP contribution is 2.34. The topological polar surface area (TPSA) is 46.2 Å². The van der Waals surface area contributed by atoms with Crippen molar-refractivity contribution in [3.8, 4) is 5.75 Å². The molecule has 0 spiro atoms. The Hall–Kier alpha value is -1.02. The third-order valence-corrected chi connectivity index (χ3v) is 2.29. The van der Waals surface area contributed by atoms with Gasteiger partial charge in [0.1, 0.15) is 5.75 Å². The average molecular weight is 149 g/mol. The van der Waals surface area contributed by atoms with E-state index < -0.39 is 0 Å². The molecule has 1 aromatic carbocycles. The molecule has 0 aliphatic heterocycles. The highest BCUT2D eigenvalue weighted by Gasteiger charge is 2.20. The smallest absolute Gasteiger partial charge is 0.119 e. The van der Waals surface area contributed by atoms with Gasteiger partial charge in [-0.2, -0.15) is 0 Å². The van der Waals surface area contributed by atoms with Gasteiger partial charge in [0.05, 0.1) is 0 Å². The van der Waals surface area contributed by atoms with Gasteiger partial charge in [0.25, 0.3) is 0 Å². The van der Waals surface area contributed by atoms with Crippen molar-refractivity contribution in [2.75, 3.05) is 0 Å². The second-order valence-corrected chi connectivity index (χ2v) is 2.99. The lowest BCUT2D eigenvalue weighted by Crippen LogP contribution is -2.04. The predicted molar refractivity (Wildman–Crippen MR) is 43.4 cm³/mol. The molecule has 0 bridgehead atoms. The number of phenolic OH excluding ortho intramolecular Hbond substituents is 1. The molecule has 2 rings (SSSR count). The van der Waals surface area contributed by atoms with Crippen molar-refractivity contribution < 1.29 is 5.11 Å². The number of hydrogen-bond acceptors (Lipinski definition) is 2. The lowest BCUT2D eigenvalue weighted by Gasteiger charge is -2.04. The largest absolute Gasteiger partial charge is 0.508 e. The second kappa shape index (κ2) is 2.24. The fourth-order valence-corrected chi connectivity index (χ4v) is 1.67. The molecule has 2 nitrogen and oxygen atoms in total. The normalized spacial score (nSPS) is 21.7. The summed E-state index contributed by atoms with van der Waals surface area (Å²) < 4.78 is 0. The lowest BCUT2D eigenvalue weighted by molar-refractivity contribution is 0.469. The van der Waals surface area contributed by atoms with Crippen LogP contribution in [0.2, 0.25) is 0 Å².